The van der Waals surface area contributed by atoms with E-state index >= 15 is 0 Å². The fourth-order valence-electron chi connectivity index (χ4n) is 1.43. The van der Waals surface area contributed by atoms with Crippen LogP contribution in [-0.2, 0) is 13.1 Å². The minimum absolute atomic E-state index is 0.780. The summed E-state index contributed by atoms with van der Waals surface area (Å²) >= 11 is 0. The lowest BCUT2D eigenvalue weighted by Gasteiger charge is -2.03. The molecule has 0 spiro atoms. The molecule has 0 saturated heterocycles. The molecule has 1 N–H and O–H groups in total. The van der Waals surface area contributed by atoms with Crippen LogP contribution in [0.4, 0.5) is 5.69 Å². The molecule has 2 aromatic heterocycles. The average molecular weight is 216 g/mol. The average Bonchev–Trinajstić information content (AvgIpc) is 2.76. The molecule has 0 amide bonds. The number of nitrogens with one attached hydrogen (secondary N) is 1. The van der Waals surface area contributed by atoms with Gasteiger partial charge in [-0.05, 0) is 25.5 Å². The lowest BCUT2D eigenvalue weighted by Crippen LogP contribution is -1.99. The summed E-state index contributed by atoms with van der Waals surface area (Å²) in [4.78, 5) is 4.25. The van der Waals surface area contributed by atoms with E-state index in [9.17, 15) is 0 Å². The minimum atomic E-state index is 0.780. The Bertz CT molecular complexity index is 444. The molecule has 84 valence electrons. The summed E-state index contributed by atoms with van der Waals surface area (Å²) in [5.41, 5.74) is 3.26. The Morgan fingerprint density at radius 3 is 2.81 bits per heavy atom. The maximum atomic E-state index is 4.25. The summed E-state index contributed by atoms with van der Waals surface area (Å²) in [5.74, 6) is 0. The Kier molecular flexibility index (Phi) is 3.19. The van der Waals surface area contributed by atoms with Crippen molar-refractivity contribution in [3.63, 3.8) is 0 Å². The van der Waals surface area contributed by atoms with Crippen molar-refractivity contribution in [2.75, 3.05) is 5.32 Å². The van der Waals surface area contributed by atoms with Gasteiger partial charge in [0.1, 0.15) is 0 Å². The van der Waals surface area contributed by atoms with E-state index in [1.165, 1.54) is 5.56 Å². The highest BCUT2D eigenvalue weighted by molar-refractivity contribution is 5.38. The Balaban J connectivity index is 1.94. The van der Waals surface area contributed by atoms with Crippen molar-refractivity contribution in [3.05, 3.63) is 42.0 Å². The SMILES string of the molecule is CCn1cc(NCc2ccc(C)nc2)cn1. The molecule has 0 aliphatic heterocycles. The number of hydrogen-bond donors (Lipinski definition) is 1. The molecule has 4 heteroatoms. The first kappa shape index (κ1) is 10.7. The Morgan fingerprint density at radius 2 is 2.19 bits per heavy atom. The van der Waals surface area contributed by atoms with Crippen LogP contribution < -0.4 is 5.32 Å². The van der Waals surface area contributed by atoms with Crippen molar-refractivity contribution in [2.24, 2.45) is 0 Å². The van der Waals surface area contributed by atoms with Gasteiger partial charge < -0.3 is 5.32 Å². The fourth-order valence-corrected chi connectivity index (χ4v) is 1.43. The molecule has 4 nitrogen and oxygen atoms in total. The van der Waals surface area contributed by atoms with Gasteiger partial charge in [0.25, 0.3) is 0 Å². The molecule has 0 radical (unpaired) electrons. The van der Waals surface area contributed by atoms with Crippen LogP contribution in [0, 0.1) is 6.92 Å². The number of nitrogens with zero attached hydrogens (tertiary/aromatic N) is 3. The van der Waals surface area contributed by atoms with Gasteiger partial charge in [0.2, 0.25) is 0 Å². The maximum Gasteiger partial charge on any atom is 0.0729 e. The van der Waals surface area contributed by atoms with Crippen LogP contribution in [-0.4, -0.2) is 14.8 Å². The van der Waals surface area contributed by atoms with Gasteiger partial charge in [-0.3, -0.25) is 9.67 Å². The lowest BCUT2D eigenvalue weighted by molar-refractivity contribution is 0.660. The number of pyridine rings is 1. The van der Waals surface area contributed by atoms with Gasteiger partial charge in [0.15, 0.2) is 0 Å². The predicted molar refractivity (Wildman–Crippen MR) is 64.2 cm³/mol. The monoisotopic (exact) mass is 216 g/mol. The summed E-state index contributed by atoms with van der Waals surface area (Å²) in [6.45, 7) is 5.74. The van der Waals surface area contributed by atoms with Crippen molar-refractivity contribution < 1.29 is 0 Å². The molecule has 0 saturated carbocycles. The van der Waals surface area contributed by atoms with Gasteiger partial charge in [-0.15, -0.1) is 0 Å². The Hall–Kier alpha value is -1.84. The van der Waals surface area contributed by atoms with Crippen LogP contribution in [0.5, 0.6) is 0 Å². The fraction of sp³-hybridized carbons (Fsp3) is 0.333. The Morgan fingerprint density at radius 1 is 1.31 bits per heavy atom. The summed E-state index contributed by atoms with van der Waals surface area (Å²) in [7, 11) is 0. The molecule has 0 aliphatic carbocycles. The van der Waals surface area contributed by atoms with Crippen LogP contribution in [0.25, 0.3) is 0 Å². The standard InChI is InChI=1S/C12H16N4/c1-3-16-9-12(8-15-16)14-7-11-5-4-10(2)13-6-11/h4-6,8-9,14H,3,7H2,1-2H3. The summed E-state index contributed by atoms with van der Waals surface area (Å²) in [6, 6.07) is 4.10. The first-order valence-electron chi connectivity index (χ1n) is 5.46. The zero-order valence-corrected chi connectivity index (χ0v) is 9.64. The molecule has 0 fully saturated rings. The van der Waals surface area contributed by atoms with E-state index in [1.54, 1.807) is 0 Å². The highest BCUT2D eigenvalue weighted by atomic mass is 15.3. The number of rotatable bonds is 4. The van der Waals surface area contributed by atoms with Crippen LogP contribution in [0.2, 0.25) is 0 Å². The summed E-state index contributed by atoms with van der Waals surface area (Å²) < 4.78 is 1.90. The van der Waals surface area contributed by atoms with Crippen LogP contribution in [0.3, 0.4) is 0 Å². The van der Waals surface area contributed by atoms with Crippen molar-refractivity contribution in [3.8, 4) is 0 Å². The molecule has 0 unspecified atom stereocenters. The first-order chi connectivity index (χ1) is 7.78. The zero-order valence-electron chi connectivity index (χ0n) is 9.64. The van der Waals surface area contributed by atoms with Gasteiger partial charge in [-0.25, -0.2) is 0 Å². The quantitative estimate of drug-likeness (QED) is 0.852. The highest BCUT2D eigenvalue weighted by Crippen LogP contribution is 2.07. The van der Waals surface area contributed by atoms with Gasteiger partial charge in [-0.2, -0.15) is 5.10 Å². The second kappa shape index (κ2) is 4.79. The second-order valence-electron chi connectivity index (χ2n) is 3.75. The largest absolute Gasteiger partial charge is 0.378 e. The van der Waals surface area contributed by atoms with Gasteiger partial charge in [0.05, 0.1) is 11.9 Å². The van der Waals surface area contributed by atoms with Crippen molar-refractivity contribution in [2.45, 2.75) is 26.9 Å². The third kappa shape index (κ3) is 2.59. The molecule has 16 heavy (non-hydrogen) atoms. The third-order valence-electron chi connectivity index (χ3n) is 2.43. The number of anilines is 1. The zero-order chi connectivity index (χ0) is 11.4. The molecule has 2 aromatic rings. The molecular weight excluding hydrogens is 200 g/mol. The maximum absolute atomic E-state index is 4.25. The van der Waals surface area contributed by atoms with Crippen molar-refractivity contribution >= 4 is 5.69 Å². The van der Waals surface area contributed by atoms with E-state index in [1.807, 2.05) is 36.3 Å². The summed E-state index contributed by atoms with van der Waals surface area (Å²) in [5, 5.41) is 7.51. The molecule has 0 aliphatic rings. The van der Waals surface area contributed by atoms with E-state index in [2.05, 4.69) is 28.4 Å². The lowest BCUT2D eigenvalue weighted by atomic mass is 10.2. The van der Waals surface area contributed by atoms with Crippen LogP contribution >= 0.6 is 0 Å². The topological polar surface area (TPSA) is 42.7 Å². The molecule has 0 bridgehead atoms. The molecular formula is C12H16N4. The minimum Gasteiger partial charge on any atom is -0.378 e. The number of hydrogen-bond acceptors (Lipinski definition) is 3. The normalized spacial score (nSPS) is 10.4. The highest BCUT2D eigenvalue weighted by Gasteiger charge is 1.97. The van der Waals surface area contributed by atoms with Gasteiger partial charge >= 0.3 is 0 Å². The first-order valence-corrected chi connectivity index (χ1v) is 5.46. The van der Waals surface area contributed by atoms with E-state index in [-0.39, 0.29) is 0 Å². The van der Waals surface area contributed by atoms with Gasteiger partial charge in [-0.1, -0.05) is 6.07 Å². The molecule has 2 heterocycles. The number of aromatic nitrogens is 3. The molecule has 0 aromatic carbocycles. The van der Waals surface area contributed by atoms with Crippen molar-refractivity contribution in [1.82, 2.24) is 14.8 Å². The van der Waals surface area contributed by atoms with Gasteiger partial charge in [0, 0.05) is 31.2 Å². The molecule has 0 atom stereocenters. The smallest absolute Gasteiger partial charge is 0.0729 e. The van der Waals surface area contributed by atoms with E-state index in [4.69, 9.17) is 0 Å². The molecule has 2 rings (SSSR count). The Labute approximate surface area is 95.3 Å². The van der Waals surface area contributed by atoms with E-state index in [0.717, 1.165) is 24.5 Å². The number of aryl methyl sites for hydroxylation is 2. The van der Waals surface area contributed by atoms with E-state index in [0.29, 0.717) is 0 Å². The summed E-state index contributed by atoms with van der Waals surface area (Å²) in [6.07, 6.45) is 5.74. The van der Waals surface area contributed by atoms with Crippen LogP contribution in [0.1, 0.15) is 18.2 Å². The second-order valence-corrected chi connectivity index (χ2v) is 3.75. The third-order valence-corrected chi connectivity index (χ3v) is 2.43. The van der Waals surface area contributed by atoms with E-state index < -0.39 is 0 Å². The van der Waals surface area contributed by atoms with Crippen molar-refractivity contribution in [1.29, 1.82) is 0 Å². The predicted octanol–water partition coefficient (Wildman–Crippen LogP) is 2.22. The van der Waals surface area contributed by atoms with Crippen LogP contribution in [0.15, 0.2) is 30.7 Å².